The maximum Gasteiger partial charge on any atom is 0.271 e. The first-order chi connectivity index (χ1) is 13.0. The van der Waals surface area contributed by atoms with Gasteiger partial charge in [0.15, 0.2) is 5.82 Å². The molecule has 0 amide bonds. The molecule has 0 bridgehead atoms. The number of halogens is 1. The Morgan fingerprint density at radius 1 is 1.19 bits per heavy atom. The molecule has 4 aromatic rings. The van der Waals surface area contributed by atoms with Crippen molar-refractivity contribution in [3.8, 4) is 17.4 Å². The summed E-state index contributed by atoms with van der Waals surface area (Å²) >= 11 is 1.32. The molecule has 3 aromatic heterocycles. The number of rotatable bonds is 5. The van der Waals surface area contributed by atoms with E-state index in [1.807, 2.05) is 19.9 Å². The zero-order valence-corrected chi connectivity index (χ0v) is 15.3. The van der Waals surface area contributed by atoms with Crippen molar-refractivity contribution in [2.24, 2.45) is 0 Å². The second-order valence-electron chi connectivity index (χ2n) is 5.80. The lowest BCUT2D eigenvalue weighted by Crippen LogP contribution is -2.17. The van der Waals surface area contributed by atoms with Gasteiger partial charge >= 0.3 is 0 Å². The first kappa shape index (κ1) is 17.2. The van der Waals surface area contributed by atoms with Crippen LogP contribution in [0.2, 0.25) is 0 Å². The van der Waals surface area contributed by atoms with E-state index in [4.69, 9.17) is 10.4 Å². The molecule has 1 aromatic carbocycles. The van der Waals surface area contributed by atoms with Crippen LogP contribution in [-0.2, 0) is 5.75 Å². The zero-order chi connectivity index (χ0) is 19.0. The van der Waals surface area contributed by atoms with Crippen LogP contribution in [0.4, 0.5) is 4.39 Å². The largest absolute Gasteiger partial charge is 0.334 e. The van der Waals surface area contributed by atoms with Crippen molar-refractivity contribution in [1.82, 2.24) is 34.8 Å². The first-order valence-electron chi connectivity index (χ1n) is 7.97. The molecule has 9 nitrogen and oxygen atoms in total. The molecule has 11 heteroatoms. The quantitative estimate of drug-likeness (QED) is 0.410. The molecule has 0 aliphatic heterocycles. The molecule has 0 saturated carbocycles. The number of nitrogen functional groups attached to an aromatic ring is 1. The fraction of sp³-hybridized carbons (Fsp3) is 0.188. The summed E-state index contributed by atoms with van der Waals surface area (Å²) in [6, 6.07) is 7.77. The predicted octanol–water partition coefficient (Wildman–Crippen LogP) is 2.28. The summed E-state index contributed by atoms with van der Waals surface area (Å²) in [5.74, 6) is 7.37. The Bertz CT molecular complexity index is 1080. The highest BCUT2D eigenvalue weighted by molar-refractivity contribution is 7.98. The number of aromatic nitrogens is 7. The van der Waals surface area contributed by atoms with Crippen LogP contribution in [-0.4, -0.2) is 34.8 Å². The van der Waals surface area contributed by atoms with E-state index in [1.165, 1.54) is 28.6 Å². The minimum absolute atomic E-state index is 0.322. The van der Waals surface area contributed by atoms with E-state index in [2.05, 4.69) is 25.4 Å². The van der Waals surface area contributed by atoms with Crippen LogP contribution in [0.25, 0.3) is 17.4 Å². The maximum absolute atomic E-state index is 13.0. The predicted molar refractivity (Wildman–Crippen MR) is 96.0 cm³/mol. The topological polar surface area (TPSA) is 113 Å². The Balaban J connectivity index is 1.48. The minimum Gasteiger partial charge on any atom is -0.334 e. The summed E-state index contributed by atoms with van der Waals surface area (Å²) < 4.78 is 21.2. The van der Waals surface area contributed by atoms with E-state index in [9.17, 15) is 4.39 Å². The molecule has 138 valence electrons. The fourth-order valence-electron chi connectivity index (χ4n) is 2.50. The third-order valence-electron chi connectivity index (χ3n) is 3.74. The minimum atomic E-state index is -0.324. The molecular weight excluding hydrogens is 371 g/mol. The molecule has 0 unspecified atom stereocenters. The van der Waals surface area contributed by atoms with Gasteiger partial charge in [-0.25, -0.2) is 13.7 Å². The van der Waals surface area contributed by atoms with Crippen LogP contribution in [0, 0.1) is 19.7 Å². The molecular formula is C16H15FN8OS. The third-order valence-corrected chi connectivity index (χ3v) is 4.67. The molecule has 0 atom stereocenters. The van der Waals surface area contributed by atoms with E-state index < -0.39 is 0 Å². The van der Waals surface area contributed by atoms with Crippen molar-refractivity contribution in [2.45, 2.75) is 24.8 Å². The molecule has 0 aliphatic carbocycles. The summed E-state index contributed by atoms with van der Waals surface area (Å²) in [4.78, 5) is 4.30. The Kier molecular flexibility index (Phi) is 4.36. The van der Waals surface area contributed by atoms with E-state index in [-0.39, 0.29) is 5.82 Å². The molecule has 3 heterocycles. The van der Waals surface area contributed by atoms with Crippen molar-refractivity contribution in [2.75, 3.05) is 5.84 Å². The van der Waals surface area contributed by atoms with Gasteiger partial charge in [0.25, 0.3) is 11.8 Å². The second-order valence-corrected chi connectivity index (χ2v) is 6.75. The Labute approximate surface area is 157 Å². The average molecular weight is 386 g/mol. The number of hydrogen-bond acceptors (Lipinski definition) is 8. The van der Waals surface area contributed by atoms with Crippen LogP contribution >= 0.6 is 11.8 Å². The van der Waals surface area contributed by atoms with Crippen molar-refractivity contribution < 1.29 is 8.91 Å². The molecule has 0 spiro atoms. The van der Waals surface area contributed by atoms with E-state index in [1.54, 1.807) is 16.8 Å². The monoisotopic (exact) mass is 386 g/mol. The summed E-state index contributed by atoms with van der Waals surface area (Å²) in [6.07, 6.45) is 0. The number of aryl methyl sites for hydroxylation is 2. The van der Waals surface area contributed by atoms with Crippen LogP contribution in [0.3, 0.4) is 0 Å². The smallest absolute Gasteiger partial charge is 0.271 e. The summed E-state index contributed by atoms with van der Waals surface area (Å²) in [7, 11) is 0. The van der Waals surface area contributed by atoms with Crippen LogP contribution in [0.15, 0.2) is 40.0 Å². The van der Waals surface area contributed by atoms with Gasteiger partial charge in [0.05, 0.1) is 11.4 Å². The van der Waals surface area contributed by atoms with Gasteiger partial charge < -0.3 is 10.4 Å². The Morgan fingerprint density at radius 3 is 2.67 bits per heavy atom. The average Bonchev–Trinajstić information content (AvgIpc) is 3.33. The Hall–Kier alpha value is -3.21. The highest BCUT2D eigenvalue weighted by atomic mass is 32.2. The van der Waals surface area contributed by atoms with Gasteiger partial charge in [0.1, 0.15) is 5.82 Å². The molecule has 0 aliphatic rings. The van der Waals surface area contributed by atoms with Gasteiger partial charge in [0, 0.05) is 11.3 Å². The molecule has 4 rings (SSSR count). The van der Waals surface area contributed by atoms with Gasteiger partial charge in [-0.05, 0) is 44.2 Å². The molecule has 27 heavy (non-hydrogen) atoms. The highest BCUT2D eigenvalue weighted by Crippen LogP contribution is 2.23. The van der Waals surface area contributed by atoms with Gasteiger partial charge in [-0.1, -0.05) is 16.9 Å². The van der Waals surface area contributed by atoms with Crippen molar-refractivity contribution in [3.63, 3.8) is 0 Å². The summed E-state index contributed by atoms with van der Waals surface area (Å²) in [6.45, 7) is 3.81. The van der Waals surface area contributed by atoms with Crippen molar-refractivity contribution >= 4 is 11.8 Å². The lowest BCUT2D eigenvalue weighted by atomic mass is 10.2. The van der Waals surface area contributed by atoms with Crippen molar-refractivity contribution in [3.05, 3.63) is 53.4 Å². The molecule has 0 radical (unpaired) electrons. The zero-order valence-electron chi connectivity index (χ0n) is 14.5. The van der Waals surface area contributed by atoms with E-state index in [0.29, 0.717) is 34.1 Å². The number of thioether (sulfide) groups is 1. The fourth-order valence-corrected chi connectivity index (χ4v) is 3.19. The maximum atomic E-state index is 13.0. The second kappa shape index (κ2) is 6.83. The number of nitrogens with zero attached hydrogens (tertiary/aromatic N) is 7. The number of benzene rings is 1. The lowest BCUT2D eigenvalue weighted by Gasteiger charge is -2.03. The molecule has 2 N–H and O–H groups in total. The third kappa shape index (κ3) is 3.40. The SMILES string of the molecule is Cc1cc(C)n(-c2nnc(SCc3noc(-c4ccc(F)cc4)n3)n2N)n1. The van der Waals surface area contributed by atoms with Gasteiger partial charge in [-0.2, -0.15) is 10.1 Å². The standard InChI is InChI=1S/C16H15FN8OS/c1-9-7-10(2)25(22-9)15-20-21-16(24(15)18)27-8-13-19-14(26-23-13)11-3-5-12(17)6-4-11/h3-7H,8,18H2,1-2H3. The number of hydrogen-bond donors (Lipinski definition) is 1. The normalized spacial score (nSPS) is 11.2. The van der Waals surface area contributed by atoms with Crippen molar-refractivity contribution in [1.29, 1.82) is 0 Å². The first-order valence-corrected chi connectivity index (χ1v) is 8.95. The van der Waals surface area contributed by atoms with E-state index >= 15 is 0 Å². The molecule has 0 fully saturated rings. The Morgan fingerprint density at radius 2 is 1.96 bits per heavy atom. The van der Waals surface area contributed by atoms with Crippen LogP contribution in [0.5, 0.6) is 0 Å². The van der Waals surface area contributed by atoms with Crippen LogP contribution in [0.1, 0.15) is 17.2 Å². The van der Waals surface area contributed by atoms with Gasteiger partial charge in [0.2, 0.25) is 5.16 Å². The van der Waals surface area contributed by atoms with Gasteiger partial charge in [-0.15, -0.1) is 10.2 Å². The van der Waals surface area contributed by atoms with Gasteiger partial charge in [-0.3, -0.25) is 0 Å². The summed E-state index contributed by atoms with van der Waals surface area (Å²) in [5.41, 5.74) is 2.42. The lowest BCUT2D eigenvalue weighted by molar-refractivity contribution is 0.425. The highest BCUT2D eigenvalue weighted by Gasteiger charge is 2.16. The summed E-state index contributed by atoms with van der Waals surface area (Å²) in [5, 5.41) is 17.0. The van der Waals surface area contributed by atoms with Crippen LogP contribution < -0.4 is 5.84 Å². The molecule has 0 saturated heterocycles. The number of nitrogens with two attached hydrogens (primary N) is 1. The van der Waals surface area contributed by atoms with E-state index in [0.717, 1.165) is 11.4 Å².